The third-order valence-corrected chi connectivity index (χ3v) is 1.77. The number of rotatable bonds is 3. The Bertz CT molecular complexity index is 413. The fraction of sp³-hybridized carbons (Fsp3) is 0.125. The van der Waals surface area contributed by atoms with Crippen LogP contribution in [-0.2, 0) is 10.0 Å². The van der Waals surface area contributed by atoms with E-state index in [0.717, 1.165) is 6.26 Å². The van der Waals surface area contributed by atoms with Gasteiger partial charge in [0.1, 0.15) is 0 Å². The van der Waals surface area contributed by atoms with Crippen molar-refractivity contribution in [3.05, 3.63) is 35.9 Å². The zero-order chi connectivity index (χ0) is 10.6. The number of benzene rings is 1. The van der Waals surface area contributed by atoms with Gasteiger partial charge in [-0.3, -0.25) is 10.2 Å². The van der Waals surface area contributed by atoms with Gasteiger partial charge < -0.3 is 0 Å². The molecule has 1 aromatic rings. The van der Waals surface area contributed by atoms with Gasteiger partial charge >= 0.3 is 0 Å². The molecular weight excluding hydrogens is 204 g/mol. The van der Waals surface area contributed by atoms with Crippen LogP contribution < -0.4 is 10.3 Å². The van der Waals surface area contributed by atoms with Crippen LogP contribution in [0, 0.1) is 0 Å². The summed E-state index contributed by atoms with van der Waals surface area (Å²) in [5.41, 5.74) is 2.30. The van der Waals surface area contributed by atoms with E-state index in [0.29, 0.717) is 5.56 Å². The van der Waals surface area contributed by atoms with Gasteiger partial charge in [-0.25, -0.2) is 8.42 Å². The fourth-order valence-corrected chi connectivity index (χ4v) is 1.03. The zero-order valence-electron chi connectivity index (χ0n) is 7.47. The SMILES string of the molecule is CS(=O)(=O)[N]NC(=O)c1ccccc1. The summed E-state index contributed by atoms with van der Waals surface area (Å²) >= 11 is 0. The maximum atomic E-state index is 11.2. The minimum Gasteiger partial charge on any atom is -0.268 e. The van der Waals surface area contributed by atoms with Gasteiger partial charge in [-0.2, -0.15) is 0 Å². The van der Waals surface area contributed by atoms with Crippen LogP contribution in [0.4, 0.5) is 0 Å². The van der Waals surface area contributed by atoms with E-state index in [-0.39, 0.29) is 0 Å². The molecule has 6 heteroatoms. The predicted molar refractivity (Wildman–Crippen MR) is 50.9 cm³/mol. The van der Waals surface area contributed by atoms with Crippen LogP contribution in [0.1, 0.15) is 10.4 Å². The Morgan fingerprint density at radius 3 is 2.36 bits per heavy atom. The molecule has 0 unspecified atom stereocenters. The predicted octanol–water partition coefficient (Wildman–Crippen LogP) is -0.105. The first-order valence-electron chi connectivity index (χ1n) is 3.76. The molecule has 75 valence electrons. The van der Waals surface area contributed by atoms with Crippen LogP contribution in [0.3, 0.4) is 0 Å². The van der Waals surface area contributed by atoms with Gasteiger partial charge in [0.2, 0.25) is 10.0 Å². The van der Waals surface area contributed by atoms with Crippen molar-refractivity contribution in [2.24, 2.45) is 0 Å². The van der Waals surface area contributed by atoms with Crippen molar-refractivity contribution < 1.29 is 13.2 Å². The van der Waals surface area contributed by atoms with Crippen LogP contribution in [0.25, 0.3) is 0 Å². The van der Waals surface area contributed by atoms with E-state index in [4.69, 9.17) is 0 Å². The smallest absolute Gasteiger partial charge is 0.267 e. The molecule has 0 heterocycles. The normalized spacial score (nSPS) is 10.9. The second-order valence-electron chi connectivity index (χ2n) is 2.63. The number of carbonyl (C=O) groups excluding carboxylic acids is 1. The van der Waals surface area contributed by atoms with Crippen molar-refractivity contribution in [3.63, 3.8) is 0 Å². The molecule has 0 aliphatic heterocycles. The molecule has 1 radical (unpaired) electrons. The average molecular weight is 213 g/mol. The highest BCUT2D eigenvalue weighted by molar-refractivity contribution is 7.88. The molecule has 1 amide bonds. The second-order valence-corrected chi connectivity index (χ2v) is 4.28. The highest BCUT2D eigenvalue weighted by Crippen LogP contribution is 1.96. The largest absolute Gasteiger partial charge is 0.268 e. The van der Waals surface area contributed by atoms with Gasteiger partial charge in [-0.15, -0.1) is 0 Å². The van der Waals surface area contributed by atoms with E-state index in [1.165, 1.54) is 0 Å². The molecule has 0 bridgehead atoms. The molecule has 0 aromatic heterocycles. The number of hydrogen-bond donors (Lipinski definition) is 1. The third-order valence-electron chi connectivity index (χ3n) is 1.35. The third kappa shape index (κ3) is 3.55. The standard InChI is InChI=1S/C8H9N2O3S/c1-14(12,13)10-9-8(11)7-5-3-2-4-6-7/h2-6H,1H3,(H,9,11). The molecule has 0 fully saturated rings. The zero-order valence-corrected chi connectivity index (χ0v) is 8.28. The van der Waals surface area contributed by atoms with Crippen LogP contribution in [0.5, 0.6) is 0 Å². The first-order chi connectivity index (χ1) is 6.49. The molecule has 0 spiro atoms. The molecule has 0 saturated carbocycles. The van der Waals surface area contributed by atoms with Crippen molar-refractivity contribution in [3.8, 4) is 0 Å². The summed E-state index contributed by atoms with van der Waals surface area (Å²) in [6.07, 6.45) is 0.901. The van der Waals surface area contributed by atoms with Crippen LogP contribution in [0.2, 0.25) is 0 Å². The Labute approximate surface area is 82.2 Å². The van der Waals surface area contributed by atoms with Crippen molar-refractivity contribution >= 4 is 15.9 Å². The minimum atomic E-state index is -3.53. The summed E-state index contributed by atoms with van der Waals surface area (Å²) in [5, 5.41) is 0. The number of nitrogens with one attached hydrogen (secondary N) is 1. The fourth-order valence-electron chi connectivity index (χ4n) is 0.778. The quantitative estimate of drug-likeness (QED) is 0.712. The Hall–Kier alpha value is -1.40. The monoisotopic (exact) mass is 213 g/mol. The number of nitrogens with zero attached hydrogens (tertiary/aromatic N) is 1. The van der Waals surface area contributed by atoms with E-state index in [9.17, 15) is 13.2 Å². The summed E-state index contributed by atoms with van der Waals surface area (Å²) in [6, 6.07) is 8.23. The Balaban J connectivity index is 2.61. The molecule has 1 rings (SSSR count). The maximum Gasteiger partial charge on any atom is 0.267 e. The molecule has 0 aliphatic rings. The molecule has 14 heavy (non-hydrogen) atoms. The van der Waals surface area contributed by atoms with E-state index < -0.39 is 15.9 Å². The summed E-state index contributed by atoms with van der Waals surface area (Å²) in [6.45, 7) is 0. The van der Waals surface area contributed by atoms with Crippen LogP contribution >= 0.6 is 0 Å². The topological polar surface area (TPSA) is 77.3 Å². The lowest BCUT2D eigenvalue weighted by Gasteiger charge is -2.01. The summed E-state index contributed by atoms with van der Waals surface area (Å²) in [4.78, 5) is 14.2. The molecule has 0 atom stereocenters. The summed E-state index contributed by atoms with van der Waals surface area (Å²) in [5.74, 6) is -0.545. The number of sulfonamides is 1. The number of carbonyl (C=O) groups is 1. The second kappa shape index (κ2) is 4.21. The number of amides is 1. The van der Waals surface area contributed by atoms with Gasteiger partial charge in [0.25, 0.3) is 5.91 Å². The lowest BCUT2D eigenvalue weighted by molar-refractivity contribution is 0.0944. The van der Waals surface area contributed by atoms with Crippen LogP contribution in [0.15, 0.2) is 30.3 Å². The van der Waals surface area contributed by atoms with Gasteiger partial charge in [0.05, 0.1) is 6.26 Å². The number of hydrogen-bond acceptors (Lipinski definition) is 3. The van der Waals surface area contributed by atoms with Crippen molar-refractivity contribution in [1.29, 1.82) is 0 Å². The molecule has 1 N–H and O–H groups in total. The highest BCUT2D eigenvalue weighted by atomic mass is 32.2. The van der Waals surface area contributed by atoms with E-state index in [1.807, 2.05) is 5.43 Å². The van der Waals surface area contributed by atoms with E-state index >= 15 is 0 Å². The first kappa shape index (κ1) is 10.7. The summed E-state index contributed by atoms with van der Waals surface area (Å²) < 4.78 is 21.2. The van der Waals surface area contributed by atoms with E-state index in [2.05, 4.69) is 4.83 Å². The molecule has 1 aromatic carbocycles. The lowest BCUT2D eigenvalue weighted by Crippen LogP contribution is -2.34. The maximum absolute atomic E-state index is 11.2. The van der Waals surface area contributed by atoms with Gasteiger partial charge in [0.15, 0.2) is 0 Å². The highest BCUT2D eigenvalue weighted by Gasteiger charge is 2.08. The molecule has 0 saturated heterocycles. The van der Waals surface area contributed by atoms with Gasteiger partial charge in [0, 0.05) is 5.56 Å². The first-order valence-corrected chi connectivity index (χ1v) is 5.61. The van der Waals surface area contributed by atoms with Crippen molar-refractivity contribution in [2.75, 3.05) is 6.26 Å². The molecule has 0 aliphatic carbocycles. The average Bonchev–Trinajstić information content (AvgIpc) is 2.14. The molecule has 5 nitrogen and oxygen atoms in total. The lowest BCUT2D eigenvalue weighted by atomic mass is 10.2. The van der Waals surface area contributed by atoms with Gasteiger partial charge in [-0.05, 0) is 17.0 Å². The van der Waals surface area contributed by atoms with Crippen molar-refractivity contribution in [1.82, 2.24) is 10.3 Å². The van der Waals surface area contributed by atoms with Gasteiger partial charge in [-0.1, -0.05) is 18.2 Å². The Morgan fingerprint density at radius 2 is 1.86 bits per heavy atom. The molecular formula is C8H9N2O3S. The summed E-state index contributed by atoms with van der Waals surface area (Å²) in [7, 11) is -3.53. The van der Waals surface area contributed by atoms with E-state index in [1.54, 1.807) is 30.3 Å². The minimum absolute atomic E-state index is 0.361. The van der Waals surface area contributed by atoms with Crippen LogP contribution in [-0.4, -0.2) is 20.6 Å². The Kier molecular flexibility index (Phi) is 3.21. The Morgan fingerprint density at radius 1 is 1.29 bits per heavy atom. The van der Waals surface area contributed by atoms with Crippen molar-refractivity contribution in [2.45, 2.75) is 0 Å².